The van der Waals surface area contributed by atoms with Gasteiger partial charge < -0.3 is 4.90 Å². The van der Waals surface area contributed by atoms with Gasteiger partial charge in [-0.2, -0.15) is 4.31 Å². The second-order valence-electron chi connectivity index (χ2n) is 7.41. The summed E-state index contributed by atoms with van der Waals surface area (Å²) in [5, 5.41) is 0. The normalized spacial score (nSPS) is 18.7. The van der Waals surface area contributed by atoms with E-state index in [9.17, 15) is 13.2 Å². The highest BCUT2D eigenvalue weighted by Crippen LogP contribution is 2.28. The van der Waals surface area contributed by atoms with Crippen LogP contribution in [0.5, 0.6) is 0 Å². The molecule has 5 nitrogen and oxygen atoms in total. The molecule has 4 rings (SSSR count). The van der Waals surface area contributed by atoms with Gasteiger partial charge in [-0.3, -0.25) is 4.79 Å². The molecular weight excluding hydrogens is 440 g/mol. The topological polar surface area (TPSA) is 57.7 Å². The van der Waals surface area contributed by atoms with E-state index in [2.05, 4.69) is 28.1 Å². The van der Waals surface area contributed by atoms with Crippen molar-refractivity contribution in [3.05, 3.63) is 64.1 Å². The van der Waals surface area contributed by atoms with Crippen LogP contribution in [-0.2, 0) is 27.8 Å². The summed E-state index contributed by atoms with van der Waals surface area (Å²) in [7, 11) is -3.51. The summed E-state index contributed by atoms with van der Waals surface area (Å²) >= 11 is 3.33. The van der Waals surface area contributed by atoms with Gasteiger partial charge in [0, 0.05) is 36.6 Å². The van der Waals surface area contributed by atoms with Crippen molar-refractivity contribution in [2.75, 3.05) is 19.6 Å². The molecule has 148 valence electrons. The first-order valence-corrected chi connectivity index (χ1v) is 11.8. The monoisotopic (exact) mass is 462 g/mol. The predicted octanol–water partition coefficient (Wildman–Crippen LogP) is 3.43. The van der Waals surface area contributed by atoms with Gasteiger partial charge in [-0.15, -0.1) is 0 Å². The first-order chi connectivity index (χ1) is 13.4. The van der Waals surface area contributed by atoms with Gasteiger partial charge in [0.25, 0.3) is 0 Å². The lowest BCUT2D eigenvalue weighted by Crippen LogP contribution is -2.45. The molecule has 0 aliphatic carbocycles. The molecule has 0 radical (unpaired) electrons. The number of rotatable bonds is 3. The minimum atomic E-state index is -3.51. The summed E-state index contributed by atoms with van der Waals surface area (Å²) in [6, 6.07) is 15.0. The smallest absolute Gasteiger partial charge is 0.243 e. The standard InChI is InChI=1S/C21H23BrN2O3S/c22-19-5-7-20(8-6-19)28(26,27)24-13-10-17(11-14-24)21(25)23-12-9-16-3-1-2-4-18(16)15-23/h1-8,17H,9-15H2. The van der Waals surface area contributed by atoms with Gasteiger partial charge in [0.05, 0.1) is 4.90 Å². The molecule has 0 aromatic heterocycles. The van der Waals surface area contributed by atoms with Crippen LogP contribution in [0.4, 0.5) is 0 Å². The molecule has 0 unspecified atom stereocenters. The molecule has 0 atom stereocenters. The number of amides is 1. The summed E-state index contributed by atoms with van der Waals surface area (Å²) < 4.78 is 28.0. The molecule has 7 heteroatoms. The van der Waals surface area contributed by atoms with Crippen LogP contribution in [0.3, 0.4) is 0 Å². The van der Waals surface area contributed by atoms with E-state index < -0.39 is 10.0 Å². The minimum Gasteiger partial charge on any atom is -0.338 e. The SMILES string of the molecule is O=C(C1CCN(S(=O)(=O)c2ccc(Br)cc2)CC1)N1CCc2ccccc2C1. The van der Waals surface area contributed by atoms with Crippen LogP contribution >= 0.6 is 15.9 Å². The van der Waals surface area contributed by atoms with Gasteiger partial charge in [-0.1, -0.05) is 40.2 Å². The van der Waals surface area contributed by atoms with Crippen molar-refractivity contribution in [2.24, 2.45) is 5.92 Å². The summed E-state index contributed by atoms with van der Waals surface area (Å²) in [5.41, 5.74) is 2.54. The molecule has 0 saturated carbocycles. The molecule has 1 saturated heterocycles. The summed E-state index contributed by atoms with van der Waals surface area (Å²) in [6.07, 6.45) is 2.04. The van der Waals surface area contributed by atoms with Gasteiger partial charge in [-0.25, -0.2) is 8.42 Å². The van der Waals surface area contributed by atoms with Crippen LogP contribution in [0.2, 0.25) is 0 Å². The fourth-order valence-electron chi connectivity index (χ4n) is 4.04. The van der Waals surface area contributed by atoms with Crippen LogP contribution < -0.4 is 0 Å². The molecule has 1 fully saturated rings. The Morgan fingerprint density at radius 3 is 2.25 bits per heavy atom. The first kappa shape index (κ1) is 19.6. The van der Waals surface area contributed by atoms with Crippen molar-refractivity contribution in [2.45, 2.75) is 30.7 Å². The number of carbonyl (C=O) groups is 1. The van der Waals surface area contributed by atoms with Gasteiger partial charge in [-0.05, 0) is 54.7 Å². The Morgan fingerprint density at radius 2 is 1.57 bits per heavy atom. The van der Waals surface area contributed by atoms with E-state index in [1.807, 2.05) is 17.0 Å². The Kier molecular flexibility index (Phi) is 5.58. The summed E-state index contributed by atoms with van der Waals surface area (Å²) in [5.74, 6) is 0.0665. The van der Waals surface area contributed by atoms with Crippen LogP contribution in [0.25, 0.3) is 0 Å². The van der Waals surface area contributed by atoms with Gasteiger partial charge in [0.2, 0.25) is 15.9 Å². The lowest BCUT2D eigenvalue weighted by molar-refractivity contribution is -0.137. The van der Waals surface area contributed by atoms with E-state index in [1.165, 1.54) is 15.4 Å². The molecule has 2 aromatic rings. The van der Waals surface area contributed by atoms with E-state index in [0.29, 0.717) is 37.4 Å². The highest BCUT2D eigenvalue weighted by atomic mass is 79.9. The van der Waals surface area contributed by atoms with Gasteiger partial charge in [0.1, 0.15) is 0 Å². The predicted molar refractivity (Wildman–Crippen MR) is 111 cm³/mol. The van der Waals surface area contributed by atoms with E-state index >= 15 is 0 Å². The Labute approximate surface area is 174 Å². The molecule has 1 amide bonds. The number of hydrogen-bond donors (Lipinski definition) is 0. The van der Waals surface area contributed by atoms with E-state index in [1.54, 1.807) is 24.3 Å². The average molecular weight is 463 g/mol. The lowest BCUT2D eigenvalue weighted by atomic mass is 9.94. The minimum absolute atomic E-state index is 0.0957. The average Bonchev–Trinajstić information content (AvgIpc) is 2.73. The number of piperidine rings is 1. The Hall–Kier alpha value is -1.70. The van der Waals surface area contributed by atoms with Crippen molar-refractivity contribution >= 4 is 31.9 Å². The number of fused-ring (bicyclic) bond motifs is 1. The van der Waals surface area contributed by atoms with Crippen molar-refractivity contribution < 1.29 is 13.2 Å². The zero-order valence-electron chi connectivity index (χ0n) is 15.6. The zero-order valence-corrected chi connectivity index (χ0v) is 18.0. The third-order valence-corrected chi connectivity index (χ3v) is 8.14. The molecule has 0 bridgehead atoms. The van der Waals surface area contributed by atoms with Crippen LogP contribution in [-0.4, -0.2) is 43.2 Å². The molecular formula is C21H23BrN2O3S. The number of halogens is 1. The molecule has 0 N–H and O–H groups in total. The summed E-state index contributed by atoms with van der Waals surface area (Å²) in [4.78, 5) is 15.2. The van der Waals surface area contributed by atoms with Crippen LogP contribution in [0, 0.1) is 5.92 Å². The van der Waals surface area contributed by atoms with Crippen molar-refractivity contribution in [3.8, 4) is 0 Å². The lowest BCUT2D eigenvalue weighted by Gasteiger charge is -2.35. The third-order valence-electron chi connectivity index (χ3n) is 5.70. The fraction of sp³-hybridized carbons (Fsp3) is 0.381. The third kappa shape index (κ3) is 3.88. The molecule has 2 aromatic carbocycles. The van der Waals surface area contributed by atoms with Gasteiger partial charge >= 0.3 is 0 Å². The first-order valence-electron chi connectivity index (χ1n) is 9.56. The number of hydrogen-bond acceptors (Lipinski definition) is 3. The molecule has 2 aliphatic heterocycles. The molecule has 0 spiro atoms. The quantitative estimate of drug-likeness (QED) is 0.701. The Balaban J connectivity index is 1.39. The highest BCUT2D eigenvalue weighted by molar-refractivity contribution is 9.10. The maximum atomic E-state index is 13.0. The highest BCUT2D eigenvalue weighted by Gasteiger charge is 2.34. The summed E-state index contributed by atoms with van der Waals surface area (Å²) in [6.45, 7) is 2.18. The van der Waals surface area contributed by atoms with Crippen molar-refractivity contribution in [1.29, 1.82) is 0 Å². The largest absolute Gasteiger partial charge is 0.338 e. The van der Waals surface area contributed by atoms with E-state index in [4.69, 9.17) is 0 Å². The van der Waals surface area contributed by atoms with Crippen LogP contribution in [0.1, 0.15) is 24.0 Å². The zero-order chi connectivity index (χ0) is 19.7. The molecule has 2 aliphatic rings. The van der Waals surface area contributed by atoms with E-state index in [0.717, 1.165) is 17.4 Å². The second kappa shape index (κ2) is 7.97. The fourth-order valence-corrected chi connectivity index (χ4v) is 5.77. The van der Waals surface area contributed by atoms with Crippen LogP contribution in [0.15, 0.2) is 57.9 Å². The van der Waals surface area contributed by atoms with Crippen molar-refractivity contribution in [1.82, 2.24) is 9.21 Å². The maximum Gasteiger partial charge on any atom is 0.243 e. The van der Waals surface area contributed by atoms with Crippen molar-refractivity contribution in [3.63, 3.8) is 0 Å². The van der Waals surface area contributed by atoms with E-state index in [-0.39, 0.29) is 11.8 Å². The second-order valence-corrected chi connectivity index (χ2v) is 10.3. The molecule has 2 heterocycles. The van der Waals surface area contributed by atoms with Gasteiger partial charge in [0.15, 0.2) is 0 Å². The maximum absolute atomic E-state index is 13.0. The Bertz CT molecular complexity index is 967. The number of benzene rings is 2. The Morgan fingerprint density at radius 1 is 0.929 bits per heavy atom. The number of nitrogens with zero attached hydrogens (tertiary/aromatic N) is 2. The number of sulfonamides is 1. The number of carbonyl (C=O) groups excluding carboxylic acids is 1. The molecule has 28 heavy (non-hydrogen) atoms.